The molecule has 3 heterocycles. The Morgan fingerprint density at radius 2 is 1.86 bits per heavy atom. The van der Waals surface area contributed by atoms with Crippen molar-refractivity contribution in [1.29, 1.82) is 0 Å². The van der Waals surface area contributed by atoms with Gasteiger partial charge >= 0.3 is 0 Å². The van der Waals surface area contributed by atoms with E-state index in [2.05, 4.69) is 46.1 Å². The minimum atomic E-state index is -0.216. The molecule has 6 heteroatoms. The first-order valence-electron chi connectivity index (χ1n) is 10.4. The van der Waals surface area contributed by atoms with Crippen molar-refractivity contribution in [3.63, 3.8) is 0 Å². The van der Waals surface area contributed by atoms with Crippen LogP contribution in [0.15, 0.2) is 41.3 Å². The normalized spacial score (nSPS) is 21.8. The molecule has 6 nitrogen and oxygen atoms in total. The van der Waals surface area contributed by atoms with E-state index in [1.54, 1.807) is 10.7 Å². The van der Waals surface area contributed by atoms with Gasteiger partial charge in [-0.1, -0.05) is 29.8 Å². The quantitative estimate of drug-likeness (QED) is 0.880. The maximum atomic E-state index is 12.8. The number of hydrogen-bond acceptors (Lipinski definition) is 5. The van der Waals surface area contributed by atoms with Crippen LogP contribution in [-0.4, -0.2) is 52.1 Å². The number of rotatable bonds is 4. The summed E-state index contributed by atoms with van der Waals surface area (Å²) < 4.78 is 1.67. The Bertz CT molecular complexity index is 840. The predicted molar refractivity (Wildman–Crippen MR) is 111 cm³/mol. The molecule has 0 spiro atoms. The molecular formula is C22H30N4O2. The van der Waals surface area contributed by atoms with Crippen molar-refractivity contribution in [3.05, 3.63) is 58.0 Å². The lowest BCUT2D eigenvalue weighted by molar-refractivity contribution is 0.145. The second-order valence-corrected chi connectivity index (χ2v) is 8.23. The van der Waals surface area contributed by atoms with Gasteiger partial charge in [0.2, 0.25) is 0 Å². The van der Waals surface area contributed by atoms with Gasteiger partial charge in [0.25, 0.3) is 5.56 Å². The van der Waals surface area contributed by atoms with E-state index in [0.717, 1.165) is 64.1 Å². The summed E-state index contributed by atoms with van der Waals surface area (Å²) in [6.07, 6.45) is 5.17. The van der Waals surface area contributed by atoms with Gasteiger partial charge in [0.1, 0.15) is 0 Å². The molecule has 0 saturated carbocycles. The zero-order chi connectivity index (χ0) is 19.5. The number of benzene rings is 1. The van der Waals surface area contributed by atoms with Gasteiger partial charge in [0, 0.05) is 32.2 Å². The van der Waals surface area contributed by atoms with E-state index in [4.69, 9.17) is 0 Å². The van der Waals surface area contributed by atoms with Crippen LogP contribution < -0.4 is 10.5 Å². The second-order valence-electron chi connectivity index (χ2n) is 8.23. The topological polar surface area (TPSA) is 61.6 Å². The Morgan fingerprint density at radius 3 is 2.57 bits per heavy atom. The van der Waals surface area contributed by atoms with Crippen LogP contribution in [0.1, 0.15) is 42.9 Å². The van der Waals surface area contributed by atoms with E-state index in [9.17, 15) is 9.90 Å². The van der Waals surface area contributed by atoms with Crippen LogP contribution in [0.4, 0.5) is 5.69 Å². The van der Waals surface area contributed by atoms with Crippen molar-refractivity contribution >= 4 is 5.69 Å². The highest BCUT2D eigenvalue weighted by molar-refractivity contribution is 5.43. The monoisotopic (exact) mass is 382 g/mol. The average Bonchev–Trinajstić information content (AvgIpc) is 2.70. The Kier molecular flexibility index (Phi) is 5.78. The molecule has 2 aliphatic heterocycles. The molecule has 28 heavy (non-hydrogen) atoms. The first kappa shape index (κ1) is 19.2. The van der Waals surface area contributed by atoms with Gasteiger partial charge < -0.3 is 10.0 Å². The summed E-state index contributed by atoms with van der Waals surface area (Å²) in [6, 6.07) is 10.5. The van der Waals surface area contributed by atoms with Gasteiger partial charge in [-0.05, 0) is 44.7 Å². The number of likely N-dealkylation sites (tertiary alicyclic amines) is 1. The summed E-state index contributed by atoms with van der Waals surface area (Å²) in [5.41, 5.74) is 3.44. The van der Waals surface area contributed by atoms with Crippen LogP contribution >= 0.6 is 0 Å². The molecule has 0 aliphatic carbocycles. The van der Waals surface area contributed by atoms with Crippen LogP contribution in [0.3, 0.4) is 0 Å². The third kappa shape index (κ3) is 4.45. The maximum absolute atomic E-state index is 12.8. The van der Waals surface area contributed by atoms with Crippen LogP contribution in [0.5, 0.6) is 0 Å². The number of nitrogens with zero attached hydrogens (tertiary/aromatic N) is 4. The number of aryl methyl sites for hydroxylation is 1. The van der Waals surface area contributed by atoms with E-state index >= 15 is 0 Å². The SMILES string of the molecule is Cc1ccc(CN2CCC[C@@H](n3ncc(N4CCC(O)CC4)cc3=O)C2)cc1. The minimum Gasteiger partial charge on any atom is -0.393 e. The molecule has 1 aromatic carbocycles. The van der Waals surface area contributed by atoms with Gasteiger partial charge in [-0.2, -0.15) is 5.10 Å². The predicted octanol–water partition coefficient (Wildman–Crippen LogP) is 2.35. The van der Waals surface area contributed by atoms with Crippen molar-refractivity contribution in [2.45, 2.75) is 51.3 Å². The van der Waals surface area contributed by atoms with E-state index in [0.29, 0.717) is 0 Å². The number of aliphatic hydroxyl groups is 1. The lowest BCUT2D eigenvalue weighted by atomic mass is 10.0. The fourth-order valence-corrected chi connectivity index (χ4v) is 4.31. The van der Waals surface area contributed by atoms with Gasteiger partial charge in [0.05, 0.1) is 24.0 Å². The molecule has 0 bridgehead atoms. The molecule has 1 atom stereocenters. The third-order valence-electron chi connectivity index (χ3n) is 5.99. The van der Waals surface area contributed by atoms with Crippen LogP contribution in [0.2, 0.25) is 0 Å². The van der Waals surface area contributed by atoms with Crippen LogP contribution in [-0.2, 0) is 6.54 Å². The molecule has 2 aromatic rings. The number of piperidine rings is 2. The van der Waals surface area contributed by atoms with E-state index in [-0.39, 0.29) is 17.7 Å². The summed E-state index contributed by atoms with van der Waals surface area (Å²) >= 11 is 0. The second kappa shape index (κ2) is 8.45. The van der Waals surface area contributed by atoms with E-state index < -0.39 is 0 Å². The lowest BCUT2D eigenvalue weighted by Crippen LogP contribution is -2.41. The zero-order valence-electron chi connectivity index (χ0n) is 16.6. The Hall–Kier alpha value is -2.18. The third-order valence-corrected chi connectivity index (χ3v) is 5.99. The summed E-state index contributed by atoms with van der Waals surface area (Å²) in [5, 5.41) is 14.2. The first-order chi connectivity index (χ1) is 13.6. The highest BCUT2D eigenvalue weighted by Crippen LogP contribution is 2.23. The average molecular weight is 383 g/mol. The van der Waals surface area contributed by atoms with Gasteiger partial charge in [0.15, 0.2) is 0 Å². The minimum absolute atomic E-state index is 0.0224. The van der Waals surface area contributed by atoms with Gasteiger partial charge in [-0.15, -0.1) is 0 Å². The highest BCUT2D eigenvalue weighted by Gasteiger charge is 2.24. The number of aromatic nitrogens is 2. The Morgan fingerprint density at radius 1 is 1.11 bits per heavy atom. The number of hydrogen-bond donors (Lipinski definition) is 1. The summed E-state index contributed by atoms with van der Waals surface area (Å²) in [5.74, 6) is 0. The fourth-order valence-electron chi connectivity index (χ4n) is 4.31. The van der Waals surface area contributed by atoms with Crippen LogP contribution in [0.25, 0.3) is 0 Å². The smallest absolute Gasteiger partial charge is 0.269 e. The molecule has 1 N–H and O–H groups in total. The number of anilines is 1. The van der Waals surface area contributed by atoms with Crippen LogP contribution in [0, 0.1) is 6.92 Å². The highest BCUT2D eigenvalue weighted by atomic mass is 16.3. The summed E-state index contributed by atoms with van der Waals surface area (Å²) in [4.78, 5) is 17.3. The molecule has 2 saturated heterocycles. The molecule has 0 radical (unpaired) electrons. The maximum Gasteiger partial charge on any atom is 0.269 e. The zero-order valence-corrected chi connectivity index (χ0v) is 16.6. The van der Waals surface area contributed by atoms with Gasteiger partial charge in [-0.3, -0.25) is 9.69 Å². The summed E-state index contributed by atoms with van der Waals surface area (Å²) in [7, 11) is 0. The van der Waals surface area contributed by atoms with Crippen molar-refractivity contribution in [3.8, 4) is 0 Å². The van der Waals surface area contributed by atoms with Crippen molar-refractivity contribution < 1.29 is 5.11 Å². The van der Waals surface area contributed by atoms with Crippen molar-refractivity contribution in [2.24, 2.45) is 0 Å². The van der Waals surface area contributed by atoms with Gasteiger partial charge in [-0.25, -0.2) is 4.68 Å². The van der Waals surface area contributed by atoms with E-state index in [1.807, 2.05) is 6.20 Å². The fraction of sp³-hybridized carbons (Fsp3) is 0.545. The largest absolute Gasteiger partial charge is 0.393 e. The van der Waals surface area contributed by atoms with Crippen molar-refractivity contribution in [2.75, 3.05) is 31.1 Å². The standard InChI is InChI=1S/C22H30N4O2/c1-17-4-6-18(7-5-17)15-24-10-2-3-19(16-24)26-22(28)13-20(14-23-26)25-11-8-21(27)9-12-25/h4-7,13-14,19,21,27H,2-3,8-12,15-16H2,1H3/t19-/m1/s1. The molecule has 150 valence electrons. The molecule has 0 unspecified atom stereocenters. The summed E-state index contributed by atoms with van der Waals surface area (Å²) in [6.45, 7) is 6.50. The van der Waals surface area contributed by atoms with E-state index in [1.165, 1.54) is 11.1 Å². The Labute approximate surface area is 166 Å². The Balaban J connectivity index is 1.43. The first-order valence-corrected chi connectivity index (χ1v) is 10.4. The molecule has 2 fully saturated rings. The lowest BCUT2D eigenvalue weighted by Gasteiger charge is -2.34. The molecule has 1 aromatic heterocycles. The molecular weight excluding hydrogens is 352 g/mol. The molecule has 2 aliphatic rings. The van der Waals surface area contributed by atoms with Crippen molar-refractivity contribution in [1.82, 2.24) is 14.7 Å². The number of aliphatic hydroxyl groups excluding tert-OH is 1. The molecule has 4 rings (SSSR count). The molecule has 0 amide bonds.